The minimum atomic E-state index is 0.683. The third-order valence-corrected chi connectivity index (χ3v) is 4.85. The number of para-hydroxylation sites is 1. The second kappa shape index (κ2) is 5.52. The number of fused-ring (bicyclic) bond motifs is 4. The lowest BCUT2D eigenvalue weighted by atomic mass is 10.2. The fourth-order valence-corrected chi connectivity index (χ4v) is 3.64. The summed E-state index contributed by atoms with van der Waals surface area (Å²) < 4.78 is 3.59. The van der Waals surface area contributed by atoms with Crippen molar-refractivity contribution < 1.29 is 0 Å². The number of hydrogen-bond donors (Lipinski definition) is 0. The van der Waals surface area contributed by atoms with Crippen molar-refractivity contribution in [3.63, 3.8) is 0 Å². The predicted molar refractivity (Wildman–Crippen MR) is 95.6 cm³/mol. The molecule has 1 aromatic carbocycles. The first kappa shape index (κ1) is 14.4. The minimum absolute atomic E-state index is 0.683. The molecule has 0 amide bonds. The van der Waals surface area contributed by atoms with Gasteiger partial charge in [0.25, 0.3) is 0 Å². The lowest BCUT2D eigenvalue weighted by Crippen LogP contribution is -1.98. The fourth-order valence-electron chi connectivity index (χ4n) is 2.81. The van der Waals surface area contributed by atoms with Gasteiger partial charge in [-0.3, -0.25) is 0 Å². The fraction of sp³-hybridized carbons (Fsp3) is 0.118. The van der Waals surface area contributed by atoms with Crippen molar-refractivity contribution in [1.82, 2.24) is 34.2 Å². The van der Waals surface area contributed by atoms with Crippen molar-refractivity contribution in [3.8, 4) is 0 Å². The highest BCUT2D eigenvalue weighted by molar-refractivity contribution is 7.98. The maximum atomic E-state index is 4.76. The molecule has 0 spiro atoms. The number of thioether (sulfide) groups is 1. The van der Waals surface area contributed by atoms with Crippen LogP contribution in [-0.2, 0) is 5.75 Å². The van der Waals surface area contributed by atoms with E-state index in [-0.39, 0.29) is 0 Å². The van der Waals surface area contributed by atoms with Gasteiger partial charge in [-0.25, -0.2) is 19.5 Å². The summed E-state index contributed by atoms with van der Waals surface area (Å²) in [4.78, 5) is 13.9. The van der Waals surface area contributed by atoms with E-state index in [1.807, 2.05) is 54.0 Å². The van der Waals surface area contributed by atoms with Crippen LogP contribution in [0.5, 0.6) is 0 Å². The minimum Gasteiger partial charge on any atom is -0.231 e. The summed E-state index contributed by atoms with van der Waals surface area (Å²) >= 11 is 1.59. The molecule has 0 radical (unpaired) electrons. The SMILES string of the molecule is Cc1nc2c3ccccc3nc(SCc3cn4ncccc4n3)n2n1. The van der Waals surface area contributed by atoms with E-state index in [1.165, 1.54) is 0 Å². The van der Waals surface area contributed by atoms with Gasteiger partial charge in [-0.1, -0.05) is 23.9 Å². The second-order valence-electron chi connectivity index (χ2n) is 5.65. The van der Waals surface area contributed by atoms with E-state index < -0.39 is 0 Å². The van der Waals surface area contributed by atoms with Gasteiger partial charge in [-0.2, -0.15) is 9.61 Å². The molecule has 0 atom stereocenters. The van der Waals surface area contributed by atoms with Crippen molar-refractivity contribution in [2.45, 2.75) is 17.8 Å². The Morgan fingerprint density at radius 2 is 1.96 bits per heavy atom. The average Bonchev–Trinajstić information content (AvgIpc) is 3.22. The normalized spacial score (nSPS) is 11.7. The maximum Gasteiger partial charge on any atom is 0.191 e. The van der Waals surface area contributed by atoms with E-state index >= 15 is 0 Å². The van der Waals surface area contributed by atoms with Gasteiger partial charge in [0.05, 0.1) is 17.4 Å². The summed E-state index contributed by atoms with van der Waals surface area (Å²) in [7, 11) is 0. The summed E-state index contributed by atoms with van der Waals surface area (Å²) in [5.41, 5.74) is 3.54. The highest BCUT2D eigenvalue weighted by atomic mass is 32.2. The molecular formula is C17H13N7S. The van der Waals surface area contributed by atoms with Crippen molar-refractivity contribution in [1.29, 1.82) is 0 Å². The van der Waals surface area contributed by atoms with Crippen LogP contribution in [0.3, 0.4) is 0 Å². The third kappa shape index (κ3) is 2.42. The Hall–Kier alpha value is -3.00. The summed E-state index contributed by atoms with van der Waals surface area (Å²) in [5.74, 6) is 1.42. The first-order valence-corrected chi connectivity index (χ1v) is 8.81. The Kier molecular flexibility index (Phi) is 3.17. The Morgan fingerprint density at radius 3 is 2.88 bits per heavy atom. The molecule has 4 aromatic heterocycles. The molecule has 8 heteroatoms. The van der Waals surface area contributed by atoms with Gasteiger partial charge in [0, 0.05) is 17.3 Å². The third-order valence-electron chi connectivity index (χ3n) is 3.89. The Labute approximate surface area is 146 Å². The molecule has 5 rings (SSSR count). The number of nitrogens with zero attached hydrogens (tertiary/aromatic N) is 7. The van der Waals surface area contributed by atoms with Gasteiger partial charge in [0.1, 0.15) is 5.82 Å². The number of hydrogen-bond acceptors (Lipinski definition) is 6. The van der Waals surface area contributed by atoms with Gasteiger partial charge >= 0.3 is 0 Å². The van der Waals surface area contributed by atoms with E-state index in [0.29, 0.717) is 5.75 Å². The van der Waals surface area contributed by atoms with Crippen LogP contribution in [-0.4, -0.2) is 34.2 Å². The molecule has 0 aliphatic heterocycles. The van der Waals surface area contributed by atoms with Gasteiger partial charge in [-0.05, 0) is 31.2 Å². The van der Waals surface area contributed by atoms with Crippen LogP contribution in [0.4, 0.5) is 0 Å². The quantitative estimate of drug-likeness (QED) is 0.369. The molecular weight excluding hydrogens is 334 g/mol. The van der Waals surface area contributed by atoms with Gasteiger partial charge in [0.2, 0.25) is 0 Å². The largest absolute Gasteiger partial charge is 0.231 e. The van der Waals surface area contributed by atoms with Crippen LogP contribution in [0.25, 0.3) is 22.2 Å². The molecule has 0 N–H and O–H groups in total. The molecule has 7 nitrogen and oxygen atoms in total. The summed E-state index contributed by atoms with van der Waals surface area (Å²) in [6.07, 6.45) is 3.69. The standard InChI is InChI=1S/C17H13N7S/c1-11-19-16-13-5-2-3-6-14(13)21-17(24(16)22-11)25-10-12-9-23-15(20-12)7-4-8-18-23/h2-9H,10H2,1H3. The van der Waals surface area contributed by atoms with E-state index in [1.54, 1.807) is 22.5 Å². The average molecular weight is 347 g/mol. The highest BCUT2D eigenvalue weighted by Gasteiger charge is 2.13. The van der Waals surface area contributed by atoms with Gasteiger partial charge in [0.15, 0.2) is 16.5 Å². The zero-order chi connectivity index (χ0) is 16.8. The zero-order valence-corrected chi connectivity index (χ0v) is 14.2. The summed E-state index contributed by atoms with van der Waals surface area (Å²) in [6, 6.07) is 11.8. The molecule has 0 unspecified atom stereocenters. The first-order valence-electron chi connectivity index (χ1n) is 7.82. The summed E-state index contributed by atoms with van der Waals surface area (Å²) in [5, 5.41) is 10.6. The number of aromatic nitrogens is 7. The monoisotopic (exact) mass is 347 g/mol. The number of rotatable bonds is 3. The molecule has 4 heterocycles. The van der Waals surface area contributed by atoms with Crippen LogP contribution in [0.2, 0.25) is 0 Å². The van der Waals surface area contributed by atoms with Crippen LogP contribution in [0.15, 0.2) is 53.9 Å². The molecule has 122 valence electrons. The number of benzene rings is 1. The van der Waals surface area contributed by atoms with E-state index in [2.05, 4.69) is 20.2 Å². The number of aryl methyl sites for hydroxylation is 1. The molecule has 0 saturated carbocycles. The maximum absolute atomic E-state index is 4.76. The first-order chi connectivity index (χ1) is 12.3. The van der Waals surface area contributed by atoms with E-state index in [9.17, 15) is 0 Å². The molecule has 0 saturated heterocycles. The molecule has 0 fully saturated rings. The molecule has 25 heavy (non-hydrogen) atoms. The molecule has 5 aromatic rings. The van der Waals surface area contributed by atoms with Crippen LogP contribution in [0.1, 0.15) is 11.5 Å². The molecule has 0 aliphatic rings. The van der Waals surface area contributed by atoms with Crippen LogP contribution < -0.4 is 0 Å². The number of imidazole rings is 1. The Bertz CT molecular complexity index is 1190. The summed E-state index contributed by atoms with van der Waals surface area (Å²) in [6.45, 7) is 1.89. The highest BCUT2D eigenvalue weighted by Crippen LogP contribution is 2.26. The Balaban J connectivity index is 1.57. The zero-order valence-electron chi connectivity index (χ0n) is 13.4. The lowest BCUT2D eigenvalue weighted by Gasteiger charge is -2.05. The smallest absolute Gasteiger partial charge is 0.191 e. The molecule has 0 bridgehead atoms. The van der Waals surface area contributed by atoms with Crippen molar-refractivity contribution in [2.75, 3.05) is 0 Å². The van der Waals surface area contributed by atoms with Crippen LogP contribution in [0, 0.1) is 6.92 Å². The van der Waals surface area contributed by atoms with Gasteiger partial charge in [-0.15, -0.1) is 5.10 Å². The van der Waals surface area contributed by atoms with Crippen molar-refractivity contribution >= 4 is 34.0 Å². The Morgan fingerprint density at radius 1 is 1.04 bits per heavy atom. The predicted octanol–water partition coefficient (Wildman–Crippen LogP) is 2.92. The molecule has 0 aliphatic carbocycles. The van der Waals surface area contributed by atoms with E-state index in [4.69, 9.17) is 4.98 Å². The van der Waals surface area contributed by atoms with Crippen LogP contribution >= 0.6 is 11.8 Å². The topological polar surface area (TPSA) is 73.3 Å². The van der Waals surface area contributed by atoms with E-state index in [0.717, 1.165) is 38.9 Å². The lowest BCUT2D eigenvalue weighted by molar-refractivity contribution is 0.796. The van der Waals surface area contributed by atoms with Gasteiger partial charge < -0.3 is 0 Å². The van der Waals surface area contributed by atoms with Crippen molar-refractivity contribution in [3.05, 3.63) is 60.3 Å². The van der Waals surface area contributed by atoms with Crippen molar-refractivity contribution in [2.24, 2.45) is 0 Å². The second-order valence-corrected chi connectivity index (χ2v) is 6.60.